The highest BCUT2D eigenvalue weighted by Gasteiger charge is 2.26. The second-order valence-electron chi connectivity index (χ2n) is 13.5. The Kier molecular flexibility index (Phi) is 34.2. The highest BCUT2D eigenvalue weighted by molar-refractivity contribution is 5.76. The van der Waals surface area contributed by atoms with Gasteiger partial charge in [-0.25, -0.2) is 0 Å². The predicted octanol–water partition coefficient (Wildman–Crippen LogP) is 10.5. The van der Waals surface area contributed by atoms with Gasteiger partial charge in [-0.3, -0.25) is 4.79 Å². The second-order valence-corrected chi connectivity index (χ2v) is 13.5. The molecule has 0 rings (SSSR count). The number of hydrogen-bond acceptors (Lipinski definition) is 4. The molecule has 0 saturated heterocycles. The maximum atomic E-state index is 12.4. The lowest BCUT2D eigenvalue weighted by atomic mass is 10.0. The van der Waals surface area contributed by atoms with E-state index >= 15 is 0 Å². The van der Waals surface area contributed by atoms with Crippen LogP contribution in [0.5, 0.6) is 0 Å². The van der Waals surface area contributed by atoms with Crippen LogP contribution in [0.2, 0.25) is 0 Å². The predicted molar refractivity (Wildman–Crippen MR) is 190 cm³/mol. The molecule has 262 valence electrons. The topological polar surface area (TPSA) is 89.8 Å². The van der Waals surface area contributed by atoms with Crippen molar-refractivity contribution >= 4 is 5.91 Å². The summed E-state index contributed by atoms with van der Waals surface area (Å²) in [6, 6.07) is -0.818. The molecule has 5 nitrogen and oxygen atoms in total. The summed E-state index contributed by atoms with van der Waals surface area (Å²) < 4.78 is 0. The SMILES string of the molecule is CCCCCCCC/C=C/CCCC(O)C(O)C(CO)NC(=O)CCCCCCCCCCCCCCCCCCCCC. The summed E-state index contributed by atoms with van der Waals surface area (Å²) >= 11 is 0. The van der Waals surface area contributed by atoms with Gasteiger partial charge >= 0.3 is 0 Å². The van der Waals surface area contributed by atoms with E-state index < -0.39 is 18.2 Å². The number of hydrogen-bond donors (Lipinski definition) is 4. The van der Waals surface area contributed by atoms with Crippen molar-refractivity contribution in [3.05, 3.63) is 12.2 Å². The van der Waals surface area contributed by atoms with Gasteiger partial charge in [0, 0.05) is 6.42 Å². The van der Waals surface area contributed by atoms with Crippen molar-refractivity contribution in [2.75, 3.05) is 6.61 Å². The average Bonchev–Trinajstić information content (AvgIpc) is 3.03. The molecule has 0 fully saturated rings. The van der Waals surface area contributed by atoms with Gasteiger partial charge in [0.2, 0.25) is 5.91 Å². The number of carbonyl (C=O) groups excluding carboxylic acids is 1. The van der Waals surface area contributed by atoms with Crippen molar-refractivity contribution < 1.29 is 20.1 Å². The molecule has 0 aliphatic carbocycles. The molecule has 3 unspecified atom stereocenters. The third kappa shape index (κ3) is 29.8. The van der Waals surface area contributed by atoms with Gasteiger partial charge in [-0.05, 0) is 38.5 Å². The van der Waals surface area contributed by atoms with Crippen LogP contribution in [0, 0.1) is 0 Å². The van der Waals surface area contributed by atoms with E-state index in [1.807, 2.05) is 0 Å². The maximum absolute atomic E-state index is 12.4. The van der Waals surface area contributed by atoms with Crippen LogP contribution < -0.4 is 5.32 Å². The van der Waals surface area contributed by atoms with E-state index in [9.17, 15) is 20.1 Å². The minimum atomic E-state index is -1.15. The fourth-order valence-electron chi connectivity index (χ4n) is 6.04. The molecule has 0 aromatic rings. The van der Waals surface area contributed by atoms with Gasteiger partial charge in [0.1, 0.15) is 6.10 Å². The van der Waals surface area contributed by atoms with Gasteiger partial charge in [0.05, 0.1) is 18.8 Å². The standard InChI is InChI=1S/C39H77NO4/c1-3-5-7-9-11-13-15-16-17-18-19-20-21-22-24-26-28-30-32-34-38(43)40-36(35-41)39(44)37(42)33-31-29-27-25-23-14-12-10-8-6-4-2/h25,27,36-37,39,41-42,44H,3-24,26,28-35H2,1-2H3,(H,40,43)/b27-25+. The van der Waals surface area contributed by atoms with Crippen molar-refractivity contribution in [3.8, 4) is 0 Å². The first-order chi connectivity index (χ1) is 21.6. The summed E-state index contributed by atoms with van der Waals surface area (Å²) in [4.78, 5) is 12.4. The van der Waals surface area contributed by atoms with Gasteiger partial charge in [-0.2, -0.15) is 0 Å². The van der Waals surface area contributed by atoms with Crippen LogP contribution in [0.15, 0.2) is 12.2 Å². The third-order valence-corrected chi connectivity index (χ3v) is 9.12. The molecule has 0 saturated carbocycles. The summed E-state index contributed by atoms with van der Waals surface area (Å²) in [5.41, 5.74) is 0. The van der Waals surface area contributed by atoms with Crippen LogP contribution in [-0.2, 0) is 4.79 Å². The van der Waals surface area contributed by atoms with E-state index in [2.05, 4.69) is 31.3 Å². The molecule has 0 radical (unpaired) electrons. The Hall–Kier alpha value is -0.910. The average molecular weight is 624 g/mol. The zero-order valence-corrected chi connectivity index (χ0v) is 29.6. The molecule has 4 N–H and O–H groups in total. The van der Waals surface area contributed by atoms with Crippen molar-refractivity contribution in [1.29, 1.82) is 0 Å². The largest absolute Gasteiger partial charge is 0.394 e. The number of carbonyl (C=O) groups is 1. The first-order valence-electron chi connectivity index (χ1n) is 19.5. The number of rotatable bonds is 35. The molecule has 0 aliphatic heterocycles. The van der Waals surface area contributed by atoms with Crippen LogP contribution in [-0.4, -0.2) is 46.1 Å². The highest BCUT2D eigenvalue weighted by Crippen LogP contribution is 2.15. The van der Waals surface area contributed by atoms with Crippen molar-refractivity contribution in [3.63, 3.8) is 0 Å². The normalized spacial score (nSPS) is 13.8. The molecule has 0 aliphatic rings. The van der Waals surface area contributed by atoms with Gasteiger partial charge in [-0.15, -0.1) is 0 Å². The number of allylic oxidation sites excluding steroid dienone is 2. The lowest BCUT2D eigenvalue weighted by Gasteiger charge is -2.26. The Balaban J connectivity index is 3.64. The second kappa shape index (κ2) is 35.0. The van der Waals surface area contributed by atoms with E-state index in [4.69, 9.17) is 0 Å². The Morgan fingerprint density at radius 2 is 0.909 bits per heavy atom. The van der Waals surface area contributed by atoms with Crippen LogP contribution in [0.3, 0.4) is 0 Å². The molecule has 0 heterocycles. The highest BCUT2D eigenvalue weighted by atomic mass is 16.3. The smallest absolute Gasteiger partial charge is 0.220 e. The van der Waals surface area contributed by atoms with Gasteiger partial charge in [0.15, 0.2) is 0 Å². The minimum Gasteiger partial charge on any atom is -0.394 e. The monoisotopic (exact) mass is 624 g/mol. The lowest BCUT2D eigenvalue weighted by molar-refractivity contribution is -0.124. The summed E-state index contributed by atoms with van der Waals surface area (Å²) in [5.74, 6) is -0.153. The molecule has 0 aromatic carbocycles. The first kappa shape index (κ1) is 43.1. The Morgan fingerprint density at radius 1 is 0.545 bits per heavy atom. The number of nitrogens with one attached hydrogen (secondary N) is 1. The third-order valence-electron chi connectivity index (χ3n) is 9.12. The number of aliphatic hydroxyl groups excluding tert-OH is 3. The number of unbranched alkanes of at least 4 members (excludes halogenated alkanes) is 25. The quantitative estimate of drug-likeness (QED) is 0.0418. The number of aliphatic hydroxyl groups is 3. The van der Waals surface area contributed by atoms with E-state index in [1.165, 1.54) is 141 Å². The molecule has 5 heteroatoms. The molecule has 3 atom stereocenters. The number of amides is 1. The van der Waals surface area contributed by atoms with Gasteiger partial charge < -0.3 is 20.6 Å². The van der Waals surface area contributed by atoms with E-state index in [0.29, 0.717) is 12.8 Å². The van der Waals surface area contributed by atoms with Crippen LogP contribution >= 0.6 is 0 Å². The molecular weight excluding hydrogens is 546 g/mol. The summed E-state index contributed by atoms with van der Waals surface area (Å²) in [7, 11) is 0. The molecule has 0 spiro atoms. The molecule has 0 aromatic heterocycles. The Morgan fingerprint density at radius 3 is 1.32 bits per heavy atom. The fraction of sp³-hybridized carbons (Fsp3) is 0.923. The van der Waals surface area contributed by atoms with Crippen molar-refractivity contribution in [2.45, 2.75) is 225 Å². The maximum Gasteiger partial charge on any atom is 0.220 e. The van der Waals surface area contributed by atoms with Gasteiger partial charge in [-0.1, -0.05) is 174 Å². The molecule has 1 amide bonds. The molecule has 44 heavy (non-hydrogen) atoms. The zero-order valence-electron chi connectivity index (χ0n) is 29.6. The lowest BCUT2D eigenvalue weighted by Crippen LogP contribution is -2.50. The van der Waals surface area contributed by atoms with Crippen molar-refractivity contribution in [2.24, 2.45) is 0 Å². The van der Waals surface area contributed by atoms with Crippen molar-refractivity contribution in [1.82, 2.24) is 5.32 Å². The van der Waals surface area contributed by atoms with Crippen LogP contribution in [0.1, 0.15) is 206 Å². The van der Waals surface area contributed by atoms with Gasteiger partial charge in [0.25, 0.3) is 0 Å². The van der Waals surface area contributed by atoms with Crippen LogP contribution in [0.4, 0.5) is 0 Å². The summed E-state index contributed by atoms with van der Waals surface area (Å²) in [6.07, 6.45) is 38.8. The van der Waals surface area contributed by atoms with E-state index in [-0.39, 0.29) is 12.5 Å². The van der Waals surface area contributed by atoms with E-state index in [1.54, 1.807) is 0 Å². The fourth-order valence-corrected chi connectivity index (χ4v) is 6.04. The van der Waals surface area contributed by atoms with Crippen LogP contribution in [0.25, 0.3) is 0 Å². The summed E-state index contributed by atoms with van der Waals surface area (Å²) in [6.45, 7) is 4.15. The molecular formula is C39H77NO4. The van der Waals surface area contributed by atoms with E-state index in [0.717, 1.165) is 38.5 Å². The zero-order chi connectivity index (χ0) is 32.4. The Labute approximate surface area is 274 Å². The first-order valence-corrected chi connectivity index (χ1v) is 19.5. The summed E-state index contributed by atoms with van der Waals surface area (Å²) in [5, 5.41) is 33.3. The Bertz CT molecular complexity index is 611. The minimum absolute atomic E-state index is 0.153. The molecule has 0 bridgehead atoms.